The van der Waals surface area contributed by atoms with Gasteiger partial charge in [0.25, 0.3) is 0 Å². The molecule has 2 nitrogen and oxygen atoms in total. The molecule has 3 fully saturated rings. The number of piperidine rings is 3. The van der Waals surface area contributed by atoms with Crippen molar-refractivity contribution < 1.29 is 0 Å². The third-order valence-electron chi connectivity index (χ3n) is 8.17. The number of rotatable bonds is 7. The van der Waals surface area contributed by atoms with E-state index in [4.69, 9.17) is 4.99 Å². The van der Waals surface area contributed by atoms with Crippen molar-refractivity contribution in [3.8, 4) is 0 Å². The van der Waals surface area contributed by atoms with E-state index in [0.717, 1.165) is 6.42 Å². The van der Waals surface area contributed by atoms with E-state index in [0.29, 0.717) is 23.9 Å². The number of hydrogen-bond donors (Lipinski definition) is 0. The topological polar surface area (TPSA) is 15.6 Å². The molecule has 0 aromatic heterocycles. The van der Waals surface area contributed by atoms with Crippen LogP contribution in [0.25, 0.3) is 0 Å². The molecule has 4 aromatic carbocycles. The molecule has 36 heavy (non-hydrogen) atoms. The highest BCUT2D eigenvalue weighted by molar-refractivity contribution is 5.82. The van der Waals surface area contributed by atoms with Gasteiger partial charge < -0.3 is 0 Å². The van der Waals surface area contributed by atoms with Crippen LogP contribution in [0.15, 0.2) is 120 Å². The minimum atomic E-state index is 0.294. The van der Waals surface area contributed by atoms with Crippen LogP contribution in [-0.2, 0) is 6.42 Å². The lowest BCUT2D eigenvalue weighted by molar-refractivity contribution is 0.0215. The van der Waals surface area contributed by atoms with Crippen LogP contribution in [0.5, 0.6) is 0 Å². The van der Waals surface area contributed by atoms with Crippen LogP contribution < -0.4 is 0 Å². The van der Waals surface area contributed by atoms with Crippen LogP contribution in [0, 0.1) is 5.92 Å². The largest absolute Gasteiger partial charge is 0.297 e. The Labute approximate surface area is 215 Å². The van der Waals surface area contributed by atoms with Crippen molar-refractivity contribution in [2.24, 2.45) is 10.9 Å². The Hall–Kier alpha value is -3.49. The summed E-state index contributed by atoms with van der Waals surface area (Å²) in [6.07, 6.45) is 5.62. The highest BCUT2D eigenvalue weighted by atomic mass is 15.2. The molecule has 7 rings (SSSR count). The normalized spacial score (nSPS) is 23.4. The Kier molecular flexibility index (Phi) is 6.78. The fourth-order valence-electron chi connectivity index (χ4n) is 6.38. The van der Waals surface area contributed by atoms with Crippen LogP contribution in [-0.4, -0.2) is 36.3 Å². The van der Waals surface area contributed by atoms with Gasteiger partial charge in [-0.15, -0.1) is 0 Å². The van der Waals surface area contributed by atoms with Crippen molar-refractivity contribution >= 4 is 6.21 Å². The fourth-order valence-corrected chi connectivity index (χ4v) is 6.38. The number of fused-ring (bicyclic) bond motifs is 3. The van der Waals surface area contributed by atoms with Crippen molar-refractivity contribution in [3.05, 3.63) is 143 Å². The molecular weight excluding hydrogens is 436 g/mol. The van der Waals surface area contributed by atoms with Crippen molar-refractivity contribution in [2.45, 2.75) is 37.3 Å². The minimum absolute atomic E-state index is 0.294. The fraction of sp³-hybridized carbons (Fsp3) is 0.265. The van der Waals surface area contributed by atoms with Crippen molar-refractivity contribution in [3.63, 3.8) is 0 Å². The van der Waals surface area contributed by atoms with Crippen molar-refractivity contribution in [2.75, 3.05) is 13.1 Å². The molecule has 0 amide bonds. The van der Waals surface area contributed by atoms with Gasteiger partial charge >= 0.3 is 0 Å². The number of hydrogen-bond acceptors (Lipinski definition) is 2. The molecule has 4 aromatic rings. The minimum Gasteiger partial charge on any atom is -0.297 e. The van der Waals surface area contributed by atoms with E-state index in [1.54, 1.807) is 0 Å². The zero-order valence-electron chi connectivity index (χ0n) is 20.8. The molecule has 3 saturated heterocycles. The van der Waals surface area contributed by atoms with Gasteiger partial charge in [-0.3, -0.25) is 9.89 Å². The summed E-state index contributed by atoms with van der Waals surface area (Å²) >= 11 is 0. The lowest BCUT2D eigenvalue weighted by atomic mass is 9.71. The Morgan fingerprint density at radius 3 is 1.89 bits per heavy atom. The van der Waals surface area contributed by atoms with E-state index in [-0.39, 0.29) is 0 Å². The zero-order valence-corrected chi connectivity index (χ0v) is 20.8. The summed E-state index contributed by atoms with van der Waals surface area (Å²) in [5.74, 6) is 0.963. The summed E-state index contributed by atoms with van der Waals surface area (Å²) < 4.78 is 0. The lowest BCUT2D eigenvalue weighted by Gasteiger charge is -2.52. The van der Waals surface area contributed by atoms with Crippen LogP contribution in [0.4, 0.5) is 0 Å². The predicted octanol–water partition coefficient (Wildman–Crippen LogP) is 6.99. The van der Waals surface area contributed by atoms with Crippen molar-refractivity contribution in [1.82, 2.24) is 4.90 Å². The van der Waals surface area contributed by atoms with Crippen LogP contribution in [0.1, 0.15) is 46.6 Å². The molecular formula is C34H34N2. The highest BCUT2D eigenvalue weighted by Gasteiger charge is 2.46. The molecule has 3 aliphatic rings. The van der Waals surface area contributed by atoms with Gasteiger partial charge in [-0.25, -0.2) is 0 Å². The summed E-state index contributed by atoms with van der Waals surface area (Å²) in [5, 5.41) is 0. The Balaban J connectivity index is 1.36. The second-order valence-corrected chi connectivity index (χ2v) is 10.3. The average molecular weight is 471 g/mol. The average Bonchev–Trinajstić information content (AvgIpc) is 2.95. The third-order valence-corrected chi connectivity index (χ3v) is 8.17. The summed E-state index contributed by atoms with van der Waals surface area (Å²) in [6.45, 7) is 2.37. The first-order chi connectivity index (χ1) is 17.9. The molecule has 3 aliphatic heterocycles. The third kappa shape index (κ3) is 4.79. The van der Waals surface area contributed by atoms with Gasteiger partial charge in [-0.05, 0) is 66.1 Å². The molecule has 2 heteroatoms. The van der Waals surface area contributed by atoms with Gasteiger partial charge in [0.2, 0.25) is 0 Å². The van der Waals surface area contributed by atoms with Crippen LogP contribution in [0.2, 0.25) is 0 Å². The van der Waals surface area contributed by atoms with Gasteiger partial charge in [-0.2, -0.15) is 0 Å². The first kappa shape index (κ1) is 22.9. The monoisotopic (exact) mass is 470 g/mol. The van der Waals surface area contributed by atoms with Crippen LogP contribution in [0.3, 0.4) is 0 Å². The predicted molar refractivity (Wildman–Crippen MR) is 150 cm³/mol. The number of aliphatic imine (C=N–C) groups is 1. The second-order valence-electron chi connectivity index (χ2n) is 10.3. The quantitative estimate of drug-likeness (QED) is 0.266. The maximum absolute atomic E-state index is 5.43. The van der Waals surface area contributed by atoms with Gasteiger partial charge in [-0.1, -0.05) is 115 Å². The molecule has 2 atom stereocenters. The first-order valence-corrected chi connectivity index (χ1v) is 13.4. The van der Waals surface area contributed by atoms with Crippen LogP contribution >= 0.6 is 0 Å². The van der Waals surface area contributed by atoms with E-state index < -0.39 is 0 Å². The Morgan fingerprint density at radius 1 is 0.694 bits per heavy atom. The molecule has 180 valence electrons. The maximum atomic E-state index is 5.43. The molecule has 0 N–H and O–H groups in total. The summed E-state index contributed by atoms with van der Waals surface area (Å²) in [5.41, 5.74) is 6.71. The Bertz CT molecular complexity index is 1240. The molecule has 3 heterocycles. The van der Waals surface area contributed by atoms with E-state index >= 15 is 0 Å². The van der Waals surface area contributed by atoms with Gasteiger partial charge in [0, 0.05) is 18.2 Å². The molecule has 0 aliphatic carbocycles. The molecule has 0 radical (unpaired) electrons. The van der Waals surface area contributed by atoms with Crippen molar-refractivity contribution in [1.29, 1.82) is 0 Å². The molecule has 2 bridgehead atoms. The van der Waals surface area contributed by atoms with E-state index in [1.165, 1.54) is 53.7 Å². The van der Waals surface area contributed by atoms with E-state index in [2.05, 4.69) is 126 Å². The van der Waals surface area contributed by atoms with Gasteiger partial charge in [0.05, 0.1) is 6.04 Å². The zero-order chi connectivity index (χ0) is 24.2. The van der Waals surface area contributed by atoms with Gasteiger partial charge in [0.15, 0.2) is 0 Å². The van der Waals surface area contributed by atoms with Gasteiger partial charge in [0.1, 0.15) is 0 Å². The smallest absolute Gasteiger partial charge is 0.0693 e. The summed E-state index contributed by atoms with van der Waals surface area (Å²) in [6, 6.07) is 42.4. The first-order valence-electron chi connectivity index (χ1n) is 13.4. The number of benzene rings is 4. The van der Waals surface area contributed by atoms with E-state index in [1.807, 2.05) is 0 Å². The molecule has 0 unspecified atom stereocenters. The Morgan fingerprint density at radius 2 is 1.25 bits per heavy atom. The summed E-state index contributed by atoms with van der Waals surface area (Å²) in [7, 11) is 0. The van der Waals surface area contributed by atoms with E-state index in [9.17, 15) is 0 Å². The molecule has 0 saturated carbocycles. The summed E-state index contributed by atoms with van der Waals surface area (Å²) in [4.78, 5) is 8.15. The number of nitrogens with zero attached hydrogens (tertiary/aromatic N) is 2. The SMILES string of the molecule is C(=N\[C@@H]1C2CCN(CC2)[C@H]1C(c1ccccc1)c1ccccc1)/c1ccccc1Cc1ccccc1. The highest BCUT2D eigenvalue weighted by Crippen LogP contribution is 2.43. The second kappa shape index (κ2) is 10.6. The molecule has 0 spiro atoms. The standard InChI is InChI=1S/C34H34N2/c1-4-12-26(13-5-1)24-30-18-10-11-19-31(30)25-35-33-29-20-22-36(23-21-29)34(33)32(27-14-6-2-7-15-27)28-16-8-3-9-17-28/h1-19,25,29,32-34H,20-24H2/b35-25+/t33-,34+/m1/s1. The lowest BCUT2D eigenvalue weighted by Crippen LogP contribution is -2.59. The maximum Gasteiger partial charge on any atom is 0.0693 e.